The molecule has 0 atom stereocenters. The number of aryl methyl sites for hydroxylation is 1. The van der Waals surface area contributed by atoms with E-state index < -0.39 is 0 Å². The molecule has 3 rings (SSSR count). The Bertz CT molecular complexity index is 583. The highest BCUT2D eigenvalue weighted by Crippen LogP contribution is 2.35. The maximum atomic E-state index is 5.96. The zero-order valence-electron chi connectivity index (χ0n) is 10.6. The normalized spacial score (nSPS) is 14.5. The molecule has 98 valence electrons. The van der Waals surface area contributed by atoms with E-state index in [1.807, 2.05) is 37.3 Å². The summed E-state index contributed by atoms with van der Waals surface area (Å²) in [5.41, 5.74) is 1.88. The Balaban J connectivity index is 2.09. The monoisotopic (exact) mass is 275 g/mol. The van der Waals surface area contributed by atoms with Crippen molar-refractivity contribution in [1.82, 2.24) is 9.97 Å². The quantitative estimate of drug-likeness (QED) is 0.748. The Labute approximate surface area is 117 Å². The van der Waals surface area contributed by atoms with Crippen molar-refractivity contribution in [2.24, 2.45) is 0 Å². The molecule has 1 aliphatic heterocycles. The van der Waals surface area contributed by atoms with Gasteiger partial charge < -0.3 is 9.64 Å². The fourth-order valence-corrected chi connectivity index (χ4v) is 2.44. The summed E-state index contributed by atoms with van der Waals surface area (Å²) in [5, 5.41) is 0.276. The highest BCUT2D eigenvalue weighted by molar-refractivity contribution is 6.28. The van der Waals surface area contributed by atoms with E-state index in [4.69, 9.17) is 16.3 Å². The molecule has 0 N–H and O–H groups in total. The molecule has 0 unspecified atom stereocenters. The Kier molecular flexibility index (Phi) is 3.25. The van der Waals surface area contributed by atoms with Gasteiger partial charge in [0.15, 0.2) is 0 Å². The second-order valence-electron chi connectivity index (χ2n) is 4.46. The molecule has 19 heavy (non-hydrogen) atoms. The lowest BCUT2D eigenvalue weighted by atomic mass is 10.2. The molecular weight excluding hydrogens is 262 g/mol. The summed E-state index contributed by atoms with van der Waals surface area (Å²) >= 11 is 5.96. The first kappa shape index (κ1) is 12.2. The standard InChI is InChI=1S/C14H14ClN3O/c1-10-9-13(17-14(15)16-10)18-7-4-8-19-12-6-3-2-5-11(12)18/h2-3,5-6,9H,4,7-8H2,1H3. The summed E-state index contributed by atoms with van der Waals surface area (Å²) < 4.78 is 5.74. The molecule has 0 radical (unpaired) electrons. The van der Waals surface area contributed by atoms with Crippen LogP contribution in [0.1, 0.15) is 12.1 Å². The van der Waals surface area contributed by atoms with Gasteiger partial charge in [-0.1, -0.05) is 12.1 Å². The number of hydrogen-bond acceptors (Lipinski definition) is 4. The lowest BCUT2D eigenvalue weighted by molar-refractivity contribution is 0.322. The average molecular weight is 276 g/mol. The van der Waals surface area contributed by atoms with Gasteiger partial charge in [-0.2, -0.15) is 0 Å². The molecule has 5 heteroatoms. The number of ether oxygens (including phenoxy) is 1. The maximum Gasteiger partial charge on any atom is 0.224 e. The van der Waals surface area contributed by atoms with E-state index in [1.54, 1.807) is 0 Å². The van der Waals surface area contributed by atoms with Crippen molar-refractivity contribution in [3.05, 3.63) is 41.3 Å². The molecule has 1 aromatic carbocycles. The van der Waals surface area contributed by atoms with E-state index in [-0.39, 0.29) is 5.28 Å². The van der Waals surface area contributed by atoms with Crippen LogP contribution in [0.4, 0.5) is 11.5 Å². The van der Waals surface area contributed by atoms with Crippen molar-refractivity contribution < 1.29 is 4.74 Å². The first-order valence-corrected chi connectivity index (χ1v) is 6.62. The van der Waals surface area contributed by atoms with E-state index in [0.29, 0.717) is 6.61 Å². The largest absolute Gasteiger partial charge is 0.491 e. The molecule has 0 saturated heterocycles. The predicted molar refractivity (Wildman–Crippen MR) is 75.3 cm³/mol. The number of benzene rings is 1. The van der Waals surface area contributed by atoms with Gasteiger partial charge in [-0.25, -0.2) is 9.97 Å². The van der Waals surface area contributed by atoms with Crippen LogP contribution in [-0.4, -0.2) is 23.1 Å². The lowest BCUT2D eigenvalue weighted by Crippen LogP contribution is -2.19. The zero-order chi connectivity index (χ0) is 13.2. The molecule has 1 aromatic heterocycles. The van der Waals surface area contributed by atoms with Crippen LogP contribution in [0.2, 0.25) is 5.28 Å². The Morgan fingerprint density at radius 3 is 2.95 bits per heavy atom. The van der Waals surface area contributed by atoms with Crippen LogP contribution in [0.3, 0.4) is 0 Å². The zero-order valence-corrected chi connectivity index (χ0v) is 11.4. The van der Waals surface area contributed by atoms with Crippen LogP contribution in [-0.2, 0) is 0 Å². The maximum absolute atomic E-state index is 5.96. The Morgan fingerprint density at radius 1 is 1.26 bits per heavy atom. The first-order valence-electron chi connectivity index (χ1n) is 6.24. The van der Waals surface area contributed by atoms with Crippen molar-refractivity contribution >= 4 is 23.1 Å². The van der Waals surface area contributed by atoms with Crippen molar-refractivity contribution in [3.8, 4) is 5.75 Å². The number of halogens is 1. The summed E-state index contributed by atoms with van der Waals surface area (Å²) in [6.45, 7) is 3.48. The summed E-state index contributed by atoms with van der Waals surface area (Å²) in [6, 6.07) is 9.92. The molecule has 0 saturated carbocycles. The topological polar surface area (TPSA) is 38.2 Å². The number of anilines is 2. The van der Waals surface area contributed by atoms with Gasteiger partial charge in [-0.3, -0.25) is 0 Å². The number of nitrogens with zero attached hydrogens (tertiary/aromatic N) is 3. The molecule has 0 fully saturated rings. The van der Waals surface area contributed by atoms with Crippen molar-refractivity contribution in [3.63, 3.8) is 0 Å². The van der Waals surface area contributed by atoms with Crippen molar-refractivity contribution in [1.29, 1.82) is 0 Å². The van der Waals surface area contributed by atoms with Gasteiger partial charge in [-0.15, -0.1) is 0 Å². The summed E-state index contributed by atoms with van der Waals surface area (Å²) in [4.78, 5) is 10.6. The molecule has 4 nitrogen and oxygen atoms in total. The molecule has 1 aliphatic rings. The van der Waals surface area contributed by atoms with Crippen LogP contribution in [0.5, 0.6) is 5.75 Å². The van der Waals surface area contributed by atoms with E-state index in [9.17, 15) is 0 Å². The smallest absolute Gasteiger partial charge is 0.224 e. The molecule has 2 heterocycles. The molecular formula is C14H14ClN3O. The van der Waals surface area contributed by atoms with Gasteiger partial charge in [-0.05, 0) is 37.1 Å². The lowest BCUT2D eigenvalue weighted by Gasteiger charge is -2.22. The number of aromatic nitrogens is 2. The highest BCUT2D eigenvalue weighted by Gasteiger charge is 2.19. The number of para-hydroxylation sites is 2. The average Bonchev–Trinajstić information content (AvgIpc) is 2.59. The van der Waals surface area contributed by atoms with Gasteiger partial charge in [0.05, 0.1) is 12.3 Å². The third kappa shape index (κ3) is 2.49. The molecule has 0 spiro atoms. The van der Waals surface area contributed by atoms with E-state index in [1.165, 1.54) is 0 Å². The molecule has 0 amide bonds. The summed E-state index contributed by atoms with van der Waals surface area (Å²) in [7, 11) is 0. The minimum atomic E-state index is 0.276. The number of fused-ring (bicyclic) bond motifs is 1. The molecule has 0 bridgehead atoms. The van der Waals surface area contributed by atoms with E-state index >= 15 is 0 Å². The minimum absolute atomic E-state index is 0.276. The second kappa shape index (κ2) is 5.05. The van der Waals surface area contributed by atoms with Gasteiger partial charge in [0, 0.05) is 18.3 Å². The fourth-order valence-electron chi connectivity index (χ4n) is 2.22. The van der Waals surface area contributed by atoms with Gasteiger partial charge in [0.2, 0.25) is 5.28 Å². The predicted octanol–water partition coefficient (Wildman–Crippen LogP) is 3.36. The molecule has 0 aliphatic carbocycles. The van der Waals surface area contributed by atoms with Crippen molar-refractivity contribution in [2.75, 3.05) is 18.1 Å². The van der Waals surface area contributed by atoms with Gasteiger partial charge in [0.25, 0.3) is 0 Å². The Hall–Kier alpha value is -1.81. The van der Waals surface area contributed by atoms with Crippen molar-refractivity contribution in [2.45, 2.75) is 13.3 Å². The van der Waals surface area contributed by atoms with Crippen LogP contribution in [0.25, 0.3) is 0 Å². The second-order valence-corrected chi connectivity index (χ2v) is 4.80. The molecule has 2 aromatic rings. The van der Waals surface area contributed by atoms with E-state index in [0.717, 1.165) is 35.9 Å². The highest BCUT2D eigenvalue weighted by atomic mass is 35.5. The third-order valence-electron chi connectivity index (χ3n) is 3.03. The van der Waals surface area contributed by atoms with Crippen LogP contribution in [0, 0.1) is 6.92 Å². The Morgan fingerprint density at radius 2 is 2.11 bits per heavy atom. The summed E-state index contributed by atoms with van der Waals surface area (Å²) in [5.74, 6) is 1.70. The first-order chi connectivity index (χ1) is 9.24. The van der Waals surface area contributed by atoms with E-state index in [2.05, 4.69) is 14.9 Å². The minimum Gasteiger partial charge on any atom is -0.491 e. The van der Waals surface area contributed by atoms with Gasteiger partial charge >= 0.3 is 0 Å². The van der Waals surface area contributed by atoms with Crippen LogP contribution < -0.4 is 9.64 Å². The van der Waals surface area contributed by atoms with Crippen LogP contribution >= 0.6 is 11.6 Å². The number of hydrogen-bond donors (Lipinski definition) is 0. The van der Waals surface area contributed by atoms with Crippen LogP contribution in [0.15, 0.2) is 30.3 Å². The fraction of sp³-hybridized carbons (Fsp3) is 0.286. The SMILES string of the molecule is Cc1cc(N2CCCOc3ccccc32)nc(Cl)n1. The third-order valence-corrected chi connectivity index (χ3v) is 3.20. The summed E-state index contributed by atoms with van der Waals surface area (Å²) in [6.07, 6.45) is 0.940. The number of rotatable bonds is 1. The van der Waals surface area contributed by atoms with Gasteiger partial charge in [0.1, 0.15) is 11.6 Å².